The van der Waals surface area contributed by atoms with E-state index in [9.17, 15) is 14.4 Å². The van der Waals surface area contributed by atoms with Crippen molar-refractivity contribution in [3.63, 3.8) is 0 Å². The first-order valence-electron chi connectivity index (χ1n) is 13.4. The third kappa shape index (κ3) is 4.56. The van der Waals surface area contributed by atoms with Gasteiger partial charge in [0.25, 0.3) is 0 Å². The van der Waals surface area contributed by atoms with E-state index in [0.29, 0.717) is 36.5 Å². The molecule has 1 aromatic heterocycles. The maximum Gasteiger partial charge on any atom is 0.306 e. The van der Waals surface area contributed by atoms with Crippen molar-refractivity contribution in [2.75, 3.05) is 0 Å². The number of nitrogens with zero attached hydrogens (tertiary/aromatic N) is 1. The Kier molecular flexibility index (Phi) is 6.58. The molecule has 4 unspecified atom stereocenters. The molecule has 1 N–H and O–H groups in total. The third-order valence-corrected chi connectivity index (χ3v) is 9.94. The van der Waals surface area contributed by atoms with E-state index in [1.165, 1.54) is 5.57 Å². The Labute approximate surface area is 208 Å². The van der Waals surface area contributed by atoms with E-state index in [4.69, 9.17) is 4.74 Å². The lowest BCUT2D eigenvalue weighted by molar-refractivity contribution is -0.160. The van der Waals surface area contributed by atoms with E-state index < -0.39 is 0 Å². The number of rotatable bonds is 6. The molecule has 6 atom stereocenters. The second-order valence-electron chi connectivity index (χ2n) is 11.7. The minimum atomic E-state index is -0.260. The number of carbonyl (C=O) groups excluding carboxylic acids is 3. The number of amides is 1. The maximum atomic E-state index is 12.7. The Morgan fingerprint density at radius 2 is 1.83 bits per heavy atom. The Balaban J connectivity index is 1.16. The van der Waals surface area contributed by atoms with Crippen molar-refractivity contribution in [1.82, 2.24) is 10.3 Å². The van der Waals surface area contributed by atoms with Crippen LogP contribution in [0.2, 0.25) is 0 Å². The van der Waals surface area contributed by atoms with Gasteiger partial charge in [0.2, 0.25) is 5.91 Å². The largest absolute Gasteiger partial charge is 0.462 e. The number of hydrogen-bond acceptors (Lipinski definition) is 5. The molecule has 5 rings (SSSR count). The number of carbonyl (C=O) groups is 3. The lowest BCUT2D eigenvalue weighted by Gasteiger charge is -2.57. The van der Waals surface area contributed by atoms with E-state index in [-0.39, 0.29) is 41.7 Å². The summed E-state index contributed by atoms with van der Waals surface area (Å²) in [6.45, 7) is 5.17. The third-order valence-electron chi connectivity index (χ3n) is 9.94. The van der Waals surface area contributed by atoms with Gasteiger partial charge in [-0.1, -0.05) is 19.4 Å². The van der Waals surface area contributed by atoms with Gasteiger partial charge in [-0.25, -0.2) is 0 Å². The van der Waals surface area contributed by atoms with Crippen molar-refractivity contribution in [2.24, 2.45) is 28.6 Å². The van der Waals surface area contributed by atoms with Crippen LogP contribution in [0, 0.1) is 28.6 Å². The number of ketones is 1. The highest BCUT2D eigenvalue weighted by Gasteiger charge is 2.59. The maximum absolute atomic E-state index is 12.7. The molecule has 4 aliphatic rings. The molecule has 3 saturated carbocycles. The van der Waals surface area contributed by atoms with Gasteiger partial charge in [-0.2, -0.15) is 0 Å². The molecular formula is C29H38N2O4. The van der Waals surface area contributed by atoms with Crippen molar-refractivity contribution >= 4 is 17.7 Å². The minimum Gasteiger partial charge on any atom is -0.462 e. The summed E-state index contributed by atoms with van der Waals surface area (Å²) in [5, 5.41) is 2.86. The highest BCUT2D eigenvalue weighted by atomic mass is 16.5. The summed E-state index contributed by atoms with van der Waals surface area (Å²) in [5.74, 6) is 1.75. The van der Waals surface area contributed by atoms with Crippen LogP contribution in [0.3, 0.4) is 0 Å². The number of allylic oxidation sites excluding steroid dienone is 1. The Bertz CT molecular complexity index is 1020. The Morgan fingerprint density at radius 1 is 1.03 bits per heavy atom. The molecular weight excluding hydrogens is 440 g/mol. The van der Waals surface area contributed by atoms with Gasteiger partial charge < -0.3 is 10.1 Å². The van der Waals surface area contributed by atoms with Gasteiger partial charge in [-0.05, 0) is 91.9 Å². The summed E-state index contributed by atoms with van der Waals surface area (Å²) in [5.41, 5.74) is 2.55. The molecule has 1 amide bonds. The van der Waals surface area contributed by atoms with E-state index in [0.717, 1.165) is 50.5 Å². The van der Waals surface area contributed by atoms with Gasteiger partial charge in [0.05, 0.1) is 6.42 Å². The first-order valence-corrected chi connectivity index (χ1v) is 13.4. The number of fused-ring (bicyclic) bond motifs is 5. The molecule has 0 saturated heterocycles. The molecule has 3 fully saturated rings. The van der Waals surface area contributed by atoms with Crippen molar-refractivity contribution in [3.05, 3.63) is 41.7 Å². The number of hydrogen-bond donors (Lipinski definition) is 1. The van der Waals surface area contributed by atoms with Crippen molar-refractivity contribution in [3.8, 4) is 0 Å². The first-order chi connectivity index (χ1) is 16.8. The molecule has 6 heteroatoms. The van der Waals surface area contributed by atoms with Crippen molar-refractivity contribution < 1.29 is 19.1 Å². The van der Waals surface area contributed by atoms with Crippen LogP contribution < -0.4 is 5.32 Å². The van der Waals surface area contributed by atoms with Crippen molar-refractivity contribution in [1.29, 1.82) is 0 Å². The van der Waals surface area contributed by atoms with Gasteiger partial charge >= 0.3 is 5.97 Å². The van der Waals surface area contributed by atoms with Crippen LogP contribution >= 0.6 is 0 Å². The average molecular weight is 479 g/mol. The summed E-state index contributed by atoms with van der Waals surface area (Å²) in [6.07, 6.45) is 13.7. The normalized spacial score (nSPS) is 35.8. The van der Waals surface area contributed by atoms with Crippen LogP contribution in [-0.4, -0.2) is 28.7 Å². The zero-order valence-electron chi connectivity index (χ0n) is 21.1. The highest BCUT2D eigenvalue weighted by Crippen LogP contribution is 2.65. The molecule has 1 heterocycles. The molecule has 35 heavy (non-hydrogen) atoms. The average Bonchev–Trinajstić information content (AvgIpc) is 3.18. The fraction of sp³-hybridized carbons (Fsp3) is 0.655. The van der Waals surface area contributed by atoms with E-state index in [2.05, 4.69) is 24.1 Å². The van der Waals surface area contributed by atoms with Gasteiger partial charge in [0.15, 0.2) is 5.78 Å². The lowest BCUT2D eigenvalue weighted by atomic mass is 9.47. The second-order valence-corrected chi connectivity index (χ2v) is 11.7. The van der Waals surface area contributed by atoms with E-state index in [1.54, 1.807) is 12.4 Å². The minimum absolute atomic E-state index is 0.0164. The number of pyridine rings is 1. The predicted octanol–water partition coefficient (Wildman–Crippen LogP) is 4.92. The zero-order valence-corrected chi connectivity index (χ0v) is 21.1. The smallest absolute Gasteiger partial charge is 0.306 e. The first kappa shape index (κ1) is 24.2. The van der Waals surface area contributed by atoms with E-state index in [1.807, 2.05) is 18.2 Å². The van der Waals surface area contributed by atoms with Gasteiger partial charge in [0.1, 0.15) is 6.10 Å². The van der Waals surface area contributed by atoms with Crippen LogP contribution in [-0.2, 0) is 25.7 Å². The number of aromatic nitrogens is 1. The molecule has 4 aliphatic carbocycles. The molecule has 0 radical (unpaired) electrons. The van der Waals surface area contributed by atoms with E-state index >= 15 is 0 Å². The fourth-order valence-corrected chi connectivity index (χ4v) is 7.93. The van der Waals surface area contributed by atoms with Gasteiger partial charge in [-0.3, -0.25) is 19.4 Å². The molecule has 0 aliphatic heterocycles. The van der Waals surface area contributed by atoms with Crippen LogP contribution in [0.1, 0.15) is 83.6 Å². The van der Waals surface area contributed by atoms with Crippen molar-refractivity contribution in [2.45, 2.75) is 90.7 Å². The van der Waals surface area contributed by atoms with Crippen LogP contribution in [0.5, 0.6) is 0 Å². The summed E-state index contributed by atoms with van der Waals surface area (Å²) in [4.78, 5) is 40.9. The standard InChI is InChI=1S/C29H38N2O4/c1-28-13-9-21(32)17-20(28)3-4-22-23-5-6-25(29(23,2)14-10-24(22)28)35-27(34)8-7-26(33)31-18-19-11-15-30-16-12-19/h11-12,15-17,22-25H,3-10,13-14,18H2,1-2H3,(H,31,33)/t22?,23?,24?,25?,28-,29-/m0/s1. The predicted molar refractivity (Wildman–Crippen MR) is 132 cm³/mol. The van der Waals surface area contributed by atoms with Crippen LogP contribution in [0.15, 0.2) is 36.2 Å². The molecule has 188 valence electrons. The molecule has 0 bridgehead atoms. The summed E-state index contributed by atoms with van der Waals surface area (Å²) < 4.78 is 6.04. The number of ether oxygens (including phenoxy) is 1. The molecule has 6 nitrogen and oxygen atoms in total. The quantitative estimate of drug-likeness (QED) is 0.587. The number of esters is 1. The summed E-state index contributed by atoms with van der Waals surface area (Å²) in [7, 11) is 0. The summed E-state index contributed by atoms with van der Waals surface area (Å²) in [6, 6.07) is 3.72. The SMILES string of the molecule is C[C@]12CCC3C(CCC4=CC(=O)CC[C@@]43C)C1CCC2OC(=O)CCC(=O)NCc1ccncc1. The Morgan fingerprint density at radius 3 is 2.63 bits per heavy atom. The summed E-state index contributed by atoms with van der Waals surface area (Å²) >= 11 is 0. The highest BCUT2D eigenvalue weighted by molar-refractivity contribution is 5.91. The zero-order chi connectivity index (χ0) is 24.6. The molecule has 0 aromatic carbocycles. The molecule has 0 spiro atoms. The van der Waals surface area contributed by atoms with Gasteiger partial charge in [0, 0.05) is 37.2 Å². The monoisotopic (exact) mass is 478 g/mol. The Hall–Kier alpha value is -2.50. The second kappa shape index (κ2) is 9.51. The lowest BCUT2D eigenvalue weighted by Crippen LogP contribution is -2.51. The van der Waals surface area contributed by atoms with Gasteiger partial charge in [-0.15, -0.1) is 0 Å². The van der Waals surface area contributed by atoms with Crippen LogP contribution in [0.25, 0.3) is 0 Å². The molecule has 1 aromatic rings. The topological polar surface area (TPSA) is 85.4 Å². The fourth-order valence-electron chi connectivity index (χ4n) is 7.93. The number of nitrogens with one attached hydrogen (secondary N) is 1. The van der Waals surface area contributed by atoms with Crippen LogP contribution in [0.4, 0.5) is 0 Å².